The molecule has 0 aromatic carbocycles. The second-order valence-electron chi connectivity index (χ2n) is 8.78. The predicted octanol–water partition coefficient (Wildman–Crippen LogP) is 5.16. The fourth-order valence-corrected chi connectivity index (χ4v) is 3.23. The maximum atomic E-state index is 11.6. The van der Waals surface area contributed by atoms with Crippen LogP contribution in [0, 0.1) is 11.8 Å². The molecule has 1 rings (SSSR count). The number of carbonyl (C=O) groups is 3. The maximum Gasteiger partial charge on any atom is 0.333 e. The van der Waals surface area contributed by atoms with Crippen LogP contribution >= 0.6 is 0 Å². The molecule has 32 heavy (non-hydrogen) atoms. The van der Waals surface area contributed by atoms with Gasteiger partial charge < -0.3 is 15.0 Å². The molecule has 0 spiro atoms. The van der Waals surface area contributed by atoms with Crippen LogP contribution in [-0.4, -0.2) is 55.3 Å². The number of ketones is 1. The number of amides is 1. The van der Waals surface area contributed by atoms with Crippen molar-refractivity contribution in [2.75, 3.05) is 26.2 Å². The lowest BCUT2D eigenvalue weighted by Crippen LogP contribution is -2.36. The summed E-state index contributed by atoms with van der Waals surface area (Å²) in [6.45, 7) is 19.3. The van der Waals surface area contributed by atoms with Gasteiger partial charge in [0.2, 0.25) is 6.41 Å². The number of nitrogens with zero attached hydrogens (tertiary/aromatic N) is 1. The van der Waals surface area contributed by atoms with E-state index in [4.69, 9.17) is 4.74 Å². The fourth-order valence-electron chi connectivity index (χ4n) is 3.23. The molecule has 188 valence electrons. The van der Waals surface area contributed by atoms with E-state index >= 15 is 0 Å². The number of likely N-dealkylation sites (tertiary alicyclic amines) is 1. The monoisotopic (exact) mass is 454 g/mol. The molecule has 2 atom stereocenters. The summed E-state index contributed by atoms with van der Waals surface area (Å²) in [6.07, 6.45) is 9.43. The van der Waals surface area contributed by atoms with Crippen LogP contribution in [0.3, 0.4) is 0 Å². The van der Waals surface area contributed by atoms with E-state index in [-0.39, 0.29) is 30.1 Å². The summed E-state index contributed by atoms with van der Waals surface area (Å²) in [5.41, 5.74) is 0.511. The Labute approximate surface area is 197 Å². The fraction of sp³-hybridized carbons (Fsp3) is 0.808. The van der Waals surface area contributed by atoms with Crippen molar-refractivity contribution in [3.63, 3.8) is 0 Å². The van der Waals surface area contributed by atoms with Gasteiger partial charge in [0.15, 0.2) is 5.78 Å². The molecule has 0 bridgehead atoms. The molecule has 0 saturated carbocycles. The maximum absolute atomic E-state index is 11.6. The average Bonchev–Trinajstić information content (AvgIpc) is 2.78. The number of hydrogen-bond acceptors (Lipinski definition) is 5. The summed E-state index contributed by atoms with van der Waals surface area (Å²) in [7, 11) is 0. The summed E-state index contributed by atoms with van der Waals surface area (Å²) >= 11 is 0. The van der Waals surface area contributed by atoms with Crippen molar-refractivity contribution in [1.29, 1.82) is 0 Å². The van der Waals surface area contributed by atoms with Gasteiger partial charge in [-0.2, -0.15) is 0 Å². The predicted molar refractivity (Wildman–Crippen MR) is 134 cm³/mol. The number of ether oxygens (including phenoxy) is 1. The van der Waals surface area contributed by atoms with Crippen molar-refractivity contribution in [3.8, 4) is 0 Å². The zero-order chi connectivity index (χ0) is 24.9. The van der Waals surface area contributed by atoms with Gasteiger partial charge in [0.25, 0.3) is 0 Å². The second kappa shape index (κ2) is 21.2. The number of nitrogens with one attached hydrogen (secondary N) is 1. The van der Waals surface area contributed by atoms with Crippen LogP contribution in [0.2, 0.25) is 0 Å². The van der Waals surface area contributed by atoms with Gasteiger partial charge in [0.1, 0.15) is 0 Å². The lowest BCUT2D eigenvalue weighted by atomic mass is 9.89. The number of hydrogen-bond donors (Lipinski definition) is 1. The largest absolute Gasteiger partial charge is 0.463 e. The molecule has 1 aliphatic heterocycles. The zero-order valence-electron chi connectivity index (χ0n) is 22.0. The number of piperidine rings is 1. The number of rotatable bonds is 11. The average molecular weight is 455 g/mol. The van der Waals surface area contributed by atoms with E-state index in [0.29, 0.717) is 25.0 Å². The molecule has 1 unspecified atom stereocenters. The summed E-state index contributed by atoms with van der Waals surface area (Å²) in [4.78, 5) is 35.9. The molecule has 1 heterocycles. The molecule has 0 aromatic heterocycles. The summed E-state index contributed by atoms with van der Waals surface area (Å²) in [5, 5.41) is 2.35. The van der Waals surface area contributed by atoms with Gasteiger partial charge in [-0.05, 0) is 65.0 Å². The van der Waals surface area contributed by atoms with Gasteiger partial charge in [-0.1, -0.05) is 53.5 Å². The van der Waals surface area contributed by atoms with Gasteiger partial charge in [-0.3, -0.25) is 9.59 Å². The molecule has 1 saturated heterocycles. The topological polar surface area (TPSA) is 75.7 Å². The van der Waals surface area contributed by atoms with Crippen LogP contribution in [0.1, 0.15) is 93.9 Å². The molecule has 0 aliphatic carbocycles. The summed E-state index contributed by atoms with van der Waals surface area (Å²) in [5.74, 6) is -0.222. The third-order valence-corrected chi connectivity index (χ3v) is 5.37. The van der Waals surface area contributed by atoms with Gasteiger partial charge in [-0.15, -0.1) is 0 Å². The number of allylic oxidation sites excluding steroid dienone is 1. The van der Waals surface area contributed by atoms with Crippen LogP contribution in [0.4, 0.5) is 0 Å². The van der Waals surface area contributed by atoms with Crippen molar-refractivity contribution < 1.29 is 19.1 Å². The lowest BCUT2D eigenvalue weighted by molar-refractivity contribution is -0.138. The van der Waals surface area contributed by atoms with Gasteiger partial charge >= 0.3 is 5.97 Å². The van der Waals surface area contributed by atoms with Crippen molar-refractivity contribution in [3.05, 3.63) is 11.6 Å². The first-order chi connectivity index (χ1) is 15.2. The highest BCUT2D eigenvalue weighted by molar-refractivity contribution is 5.88. The smallest absolute Gasteiger partial charge is 0.333 e. The Balaban J connectivity index is 0. The van der Waals surface area contributed by atoms with Crippen LogP contribution < -0.4 is 5.32 Å². The molecular formula is C26H50N2O4. The van der Waals surface area contributed by atoms with E-state index in [1.165, 1.54) is 45.2 Å². The highest BCUT2D eigenvalue weighted by atomic mass is 16.5. The Morgan fingerprint density at radius 1 is 1.03 bits per heavy atom. The molecule has 6 heteroatoms. The minimum Gasteiger partial charge on any atom is -0.463 e. The van der Waals surface area contributed by atoms with Crippen molar-refractivity contribution in [1.82, 2.24) is 10.2 Å². The highest BCUT2D eigenvalue weighted by Crippen LogP contribution is 2.19. The number of carbonyl (C=O) groups excluding carboxylic acids is 3. The summed E-state index contributed by atoms with van der Waals surface area (Å²) in [6, 6.07) is 0.820. The molecule has 1 aliphatic rings. The zero-order valence-corrected chi connectivity index (χ0v) is 22.0. The number of Topliss-reactive ketones (excluding diaryl/α,β-unsaturated/α-hetero) is 1. The second-order valence-corrected chi connectivity index (χ2v) is 8.78. The first kappa shape index (κ1) is 32.5. The van der Waals surface area contributed by atoms with E-state index in [9.17, 15) is 14.4 Å². The van der Waals surface area contributed by atoms with Gasteiger partial charge in [0.05, 0.1) is 13.2 Å². The van der Waals surface area contributed by atoms with Crippen molar-refractivity contribution in [2.45, 2.75) is 100.0 Å². The van der Waals surface area contributed by atoms with Crippen molar-refractivity contribution in [2.24, 2.45) is 11.8 Å². The van der Waals surface area contributed by atoms with E-state index in [1.54, 1.807) is 19.9 Å². The minimum atomic E-state index is -0.355. The molecule has 1 fully saturated rings. The van der Waals surface area contributed by atoms with Gasteiger partial charge in [0, 0.05) is 18.0 Å². The van der Waals surface area contributed by atoms with Gasteiger partial charge in [-0.25, -0.2) is 4.79 Å². The van der Waals surface area contributed by atoms with Crippen LogP contribution in [0.15, 0.2) is 11.6 Å². The molecule has 0 aromatic rings. The SMILES string of the molecule is CCC.CCC(C)N1CCCCC1.CCOC(=O)/C(C)=C/[C@@H](CC(=O)CNC=O)C(C)C. The number of esters is 1. The van der Waals surface area contributed by atoms with Crippen LogP contribution in [-0.2, 0) is 19.1 Å². The Morgan fingerprint density at radius 2 is 1.59 bits per heavy atom. The van der Waals surface area contributed by atoms with E-state index in [1.807, 2.05) is 13.8 Å². The summed E-state index contributed by atoms with van der Waals surface area (Å²) < 4.78 is 4.90. The first-order valence-electron chi connectivity index (χ1n) is 12.5. The Kier molecular flexibility index (Phi) is 21.5. The molecule has 0 radical (unpaired) electrons. The van der Waals surface area contributed by atoms with E-state index in [2.05, 4.69) is 37.9 Å². The normalized spacial score (nSPS) is 16.0. The minimum absolute atomic E-state index is 0.0268. The Hall–Kier alpha value is -1.69. The Bertz CT molecular complexity index is 526. The van der Waals surface area contributed by atoms with Crippen LogP contribution in [0.25, 0.3) is 0 Å². The third kappa shape index (κ3) is 16.9. The lowest BCUT2D eigenvalue weighted by Gasteiger charge is -2.31. The standard InChI is InChI=1S/C14H23NO4.C9H19N.C3H8/c1-5-19-14(18)11(4)6-12(10(2)3)7-13(17)8-15-9-16;1-3-9(2)10-7-5-4-6-8-10;1-3-2/h6,9-10,12H,5,7-8H2,1-4H3,(H,15,16);9H,3-8H2,1-2H3;3H2,1-2H3/b11-6+;;/t12-;;/m0../s1. The molecule has 1 amide bonds. The Morgan fingerprint density at radius 3 is 2.03 bits per heavy atom. The molecular weight excluding hydrogens is 404 g/mol. The molecule has 6 nitrogen and oxygen atoms in total. The third-order valence-electron chi connectivity index (χ3n) is 5.37. The quantitative estimate of drug-likeness (QED) is 0.265. The molecule has 1 N–H and O–H groups in total. The highest BCUT2D eigenvalue weighted by Gasteiger charge is 2.17. The first-order valence-corrected chi connectivity index (χ1v) is 12.5. The van der Waals surface area contributed by atoms with Crippen molar-refractivity contribution >= 4 is 18.2 Å². The van der Waals surface area contributed by atoms with Crippen LogP contribution in [0.5, 0.6) is 0 Å². The van der Waals surface area contributed by atoms with E-state index in [0.717, 1.165) is 6.04 Å². The van der Waals surface area contributed by atoms with E-state index < -0.39 is 0 Å².